The number of hydrogen-bond acceptors (Lipinski definition) is 3. The summed E-state index contributed by atoms with van der Waals surface area (Å²) in [5.74, 6) is 0.621. The Kier molecular flexibility index (Phi) is 8.13. The lowest BCUT2D eigenvalue weighted by atomic mass is 10.00. The van der Waals surface area contributed by atoms with Gasteiger partial charge >= 0.3 is 0 Å². The highest BCUT2D eigenvalue weighted by atomic mass is 16.3. The Bertz CT molecular complexity index is 3590. The average Bonchev–Trinajstić information content (AvgIpc) is 3.92. The number of para-hydroxylation sites is 1. The van der Waals surface area contributed by atoms with Gasteiger partial charge < -0.3 is 13.9 Å². The summed E-state index contributed by atoms with van der Waals surface area (Å²) in [6, 6.07) is 80.2. The fourth-order valence-corrected chi connectivity index (χ4v) is 9.02. The van der Waals surface area contributed by atoms with Crippen molar-refractivity contribution in [2.45, 2.75) is 0 Å². The largest absolute Gasteiger partial charge is 0.436 e. The van der Waals surface area contributed by atoms with Crippen molar-refractivity contribution in [3.63, 3.8) is 0 Å². The van der Waals surface area contributed by atoms with Crippen molar-refractivity contribution >= 4 is 71.5 Å². The quantitative estimate of drug-likeness (QED) is 0.162. The Morgan fingerprint density at radius 1 is 0.377 bits per heavy atom. The smallest absolute Gasteiger partial charge is 0.227 e. The predicted molar refractivity (Wildman–Crippen MR) is 254 cm³/mol. The first-order valence-corrected chi connectivity index (χ1v) is 20.7. The van der Waals surface area contributed by atoms with Gasteiger partial charge in [0.1, 0.15) is 5.52 Å². The fourth-order valence-electron chi connectivity index (χ4n) is 9.02. The zero-order valence-corrected chi connectivity index (χ0v) is 33.1. The molecule has 4 heteroatoms. The Balaban J connectivity index is 1.05. The summed E-state index contributed by atoms with van der Waals surface area (Å²) < 4.78 is 8.63. The SMILES string of the molecule is c1ccc(-c2ccc3cc(N(c4cccc(-c5ccc6oc(-c7ccccc7)nc6c5)c4)c4ccc5c6ccc7ccccc7c6n(-c6ccccc6)c5c4)ccc3c2)cc1. The van der Waals surface area contributed by atoms with Gasteiger partial charge in [-0.05, 0) is 117 Å². The van der Waals surface area contributed by atoms with Crippen LogP contribution in [-0.2, 0) is 0 Å². The molecule has 0 unspecified atom stereocenters. The molecule has 0 N–H and O–H groups in total. The number of rotatable bonds is 7. The van der Waals surface area contributed by atoms with Crippen LogP contribution < -0.4 is 4.90 Å². The molecule has 0 atom stereocenters. The van der Waals surface area contributed by atoms with Gasteiger partial charge in [0.25, 0.3) is 0 Å². The molecule has 0 amide bonds. The number of aromatic nitrogens is 2. The Labute approximate surface area is 352 Å². The van der Waals surface area contributed by atoms with Crippen LogP contribution in [0.3, 0.4) is 0 Å². The number of hydrogen-bond donors (Lipinski definition) is 0. The second-order valence-corrected chi connectivity index (χ2v) is 15.6. The molecule has 2 heterocycles. The van der Waals surface area contributed by atoms with E-state index in [1.54, 1.807) is 0 Å². The first-order chi connectivity index (χ1) is 30.2. The Morgan fingerprint density at radius 2 is 0.984 bits per heavy atom. The van der Waals surface area contributed by atoms with E-state index in [1.165, 1.54) is 49.0 Å². The lowest BCUT2D eigenvalue weighted by Crippen LogP contribution is -2.10. The van der Waals surface area contributed by atoms with Crippen molar-refractivity contribution < 1.29 is 4.42 Å². The van der Waals surface area contributed by atoms with Crippen LogP contribution in [0, 0.1) is 0 Å². The van der Waals surface area contributed by atoms with Crippen LogP contribution in [0.5, 0.6) is 0 Å². The van der Waals surface area contributed by atoms with Gasteiger partial charge in [-0.2, -0.15) is 0 Å². The van der Waals surface area contributed by atoms with Gasteiger partial charge in [0.05, 0.1) is 11.0 Å². The van der Waals surface area contributed by atoms with Crippen molar-refractivity contribution in [1.82, 2.24) is 9.55 Å². The van der Waals surface area contributed by atoms with Crippen LogP contribution in [-0.4, -0.2) is 9.55 Å². The van der Waals surface area contributed by atoms with Crippen molar-refractivity contribution in [3.05, 3.63) is 224 Å². The molecule has 12 aromatic rings. The first-order valence-electron chi connectivity index (χ1n) is 20.7. The number of nitrogens with zero attached hydrogens (tertiary/aromatic N) is 3. The zero-order chi connectivity index (χ0) is 40.3. The molecule has 0 saturated heterocycles. The molecule has 0 aliphatic carbocycles. The molecular weight excluding hydrogens is 743 g/mol. The summed E-state index contributed by atoms with van der Waals surface area (Å²) in [7, 11) is 0. The monoisotopic (exact) mass is 779 g/mol. The van der Waals surface area contributed by atoms with E-state index in [4.69, 9.17) is 9.40 Å². The van der Waals surface area contributed by atoms with E-state index in [-0.39, 0.29) is 0 Å². The van der Waals surface area contributed by atoms with E-state index in [0.29, 0.717) is 5.89 Å². The van der Waals surface area contributed by atoms with Gasteiger partial charge in [0, 0.05) is 44.5 Å². The zero-order valence-electron chi connectivity index (χ0n) is 33.1. The van der Waals surface area contributed by atoms with E-state index in [9.17, 15) is 0 Å². The van der Waals surface area contributed by atoms with Gasteiger partial charge in [-0.25, -0.2) is 4.98 Å². The van der Waals surface area contributed by atoms with Crippen molar-refractivity contribution in [2.24, 2.45) is 0 Å². The van der Waals surface area contributed by atoms with Crippen molar-refractivity contribution in [2.75, 3.05) is 4.90 Å². The van der Waals surface area contributed by atoms with E-state index in [0.717, 1.165) is 56.1 Å². The highest BCUT2D eigenvalue weighted by Gasteiger charge is 2.20. The van der Waals surface area contributed by atoms with Crippen LogP contribution >= 0.6 is 0 Å². The summed E-state index contributed by atoms with van der Waals surface area (Å²) in [6.07, 6.45) is 0. The van der Waals surface area contributed by atoms with Gasteiger partial charge in [-0.15, -0.1) is 0 Å². The molecular formula is C57H37N3O. The van der Waals surface area contributed by atoms with Crippen LogP contribution in [0.1, 0.15) is 0 Å². The predicted octanol–water partition coefficient (Wildman–Crippen LogP) is 15.7. The highest BCUT2D eigenvalue weighted by molar-refractivity contribution is 6.19. The number of benzene rings is 10. The number of oxazole rings is 1. The van der Waals surface area contributed by atoms with Crippen LogP contribution in [0.4, 0.5) is 17.1 Å². The normalized spacial score (nSPS) is 11.6. The molecule has 0 bridgehead atoms. The second-order valence-electron chi connectivity index (χ2n) is 15.6. The molecule has 12 rings (SSSR count). The first kappa shape index (κ1) is 34.8. The van der Waals surface area contributed by atoms with E-state index >= 15 is 0 Å². The summed E-state index contributed by atoms with van der Waals surface area (Å²) in [5, 5.41) is 7.27. The van der Waals surface area contributed by atoms with Crippen molar-refractivity contribution in [3.8, 4) is 39.4 Å². The van der Waals surface area contributed by atoms with E-state index in [1.807, 2.05) is 36.4 Å². The maximum absolute atomic E-state index is 6.19. The minimum absolute atomic E-state index is 0.621. The third-order valence-electron chi connectivity index (χ3n) is 11.9. The van der Waals surface area contributed by atoms with Gasteiger partial charge in [-0.1, -0.05) is 146 Å². The third-order valence-corrected chi connectivity index (χ3v) is 11.9. The van der Waals surface area contributed by atoms with Gasteiger partial charge in [0.15, 0.2) is 5.58 Å². The molecule has 0 saturated carbocycles. The van der Waals surface area contributed by atoms with E-state index < -0.39 is 0 Å². The molecule has 4 nitrogen and oxygen atoms in total. The number of fused-ring (bicyclic) bond motifs is 7. The molecule has 0 aliphatic heterocycles. The lowest BCUT2D eigenvalue weighted by molar-refractivity contribution is 0.620. The fraction of sp³-hybridized carbons (Fsp3) is 0. The molecule has 10 aromatic carbocycles. The minimum atomic E-state index is 0.621. The summed E-state index contributed by atoms with van der Waals surface area (Å²) in [6.45, 7) is 0. The minimum Gasteiger partial charge on any atom is -0.436 e. The maximum Gasteiger partial charge on any atom is 0.227 e. The molecule has 2 aromatic heterocycles. The Morgan fingerprint density at radius 3 is 1.84 bits per heavy atom. The number of anilines is 3. The summed E-state index contributed by atoms with van der Waals surface area (Å²) >= 11 is 0. The second kappa shape index (κ2) is 14.3. The molecule has 61 heavy (non-hydrogen) atoms. The summed E-state index contributed by atoms with van der Waals surface area (Å²) in [5.41, 5.74) is 13.8. The Hall–Kier alpha value is -8.21. The molecule has 0 aliphatic rings. The van der Waals surface area contributed by atoms with Crippen LogP contribution in [0.15, 0.2) is 229 Å². The van der Waals surface area contributed by atoms with Gasteiger partial charge in [0.2, 0.25) is 5.89 Å². The topological polar surface area (TPSA) is 34.2 Å². The molecule has 0 spiro atoms. The summed E-state index contributed by atoms with van der Waals surface area (Å²) in [4.78, 5) is 7.29. The molecule has 286 valence electrons. The van der Waals surface area contributed by atoms with Crippen LogP contribution in [0.25, 0.3) is 93.8 Å². The maximum atomic E-state index is 6.19. The van der Waals surface area contributed by atoms with Crippen molar-refractivity contribution in [1.29, 1.82) is 0 Å². The van der Waals surface area contributed by atoms with Gasteiger partial charge in [-0.3, -0.25) is 0 Å². The molecule has 0 radical (unpaired) electrons. The highest BCUT2D eigenvalue weighted by Crippen LogP contribution is 2.43. The average molecular weight is 780 g/mol. The third kappa shape index (κ3) is 6.04. The molecule has 0 fully saturated rings. The van der Waals surface area contributed by atoms with E-state index in [2.05, 4.69) is 198 Å². The van der Waals surface area contributed by atoms with Crippen LogP contribution in [0.2, 0.25) is 0 Å². The lowest BCUT2D eigenvalue weighted by Gasteiger charge is -2.27. The standard InChI is InChI=1S/C57H37N3O/c1-4-13-38(14-5-1)42-23-24-44-35-48(28-25-43(44)33-42)59(47-21-12-18-41(34-47)45-27-32-55-53(36-45)58-57(61-55)40-16-6-2-7-17-40)49-29-31-51-52-30-26-39-15-10-11-22-50(39)56(52)60(54(51)37-49)46-19-8-3-9-20-46/h1-37H.